The molecule has 2 rings (SSSR count). The summed E-state index contributed by atoms with van der Waals surface area (Å²) in [4.78, 5) is 11.3. The predicted molar refractivity (Wildman–Crippen MR) is 82.1 cm³/mol. The second-order valence-electron chi connectivity index (χ2n) is 4.33. The SMILES string of the molecule is Cc1cc(Oc2ccc(C(N)=O)cc2)ccc1C(N)=S. The Balaban J connectivity index is 2.19. The minimum atomic E-state index is -0.465. The van der Waals surface area contributed by atoms with E-state index in [9.17, 15) is 4.79 Å². The fourth-order valence-corrected chi connectivity index (χ4v) is 2.03. The molecule has 0 saturated heterocycles. The number of ether oxygens (including phenoxy) is 1. The predicted octanol–water partition coefficient (Wildman–Crippen LogP) is 2.52. The summed E-state index contributed by atoms with van der Waals surface area (Å²) in [5, 5.41) is 0. The lowest BCUT2D eigenvalue weighted by Gasteiger charge is -2.09. The number of carbonyl (C=O) groups excluding carboxylic acids is 1. The molecule has 4 N–H and O–H groups in total. The van der Waals surface area contributed by atoms with Gasteiger partial charge in [0.2, 0.25) is 5.91 Å². The number of benzene rings is 2. The van der Waals surface area contributed by atoms with Crippen LogP contribution in [-0.2, 0) is 0 Å². The summed E-state index contributed by atoms with van der Waals surface area (Å²) in [6.45, 7) is 1.91. The summed E-state index contributed by atoms with van der Waals surface area (Å²) in [6, 6.07) is 12.1. The van der Waals surface area contributed by atoms with Crippen LogP contribution in [0.1, 0.15) is 21.5 Å². The lowest BCUT2D eigenvalue weighted by atomic mass is 10.1. The molecular formula is C15H14N2O2S. The van der Waals surface area contributed by atoms with Gasteiger partial charge in [0, 0.05) is 11.1 Å². The Morgan fingerprint density at radius 2 is 1.65 bits per heavy atom. The zero-order valence-electron chi connectivity index (χ0n) is 10.9. The summed E-state index contributed by atoms with van der Waals surface area (Å²) in [7, 11) is 0. The van der Waals surface area contributed by atoms with Crippen LogP contribution in [0.5, 0.6) is 11.5 Å². The molecule has 0 saturated carbocycles. The van der Waals surface area contributed by atoms with Gasteiger partial charge in [-0.1, -0.05) is 12.2 Å². The quantitative estimate of drug-likeness (QED) is 0.847. The average Bonchev–Trinajstić information content (AvgIpc) is 2.39. The normalized spacial score (nSPS) is 10.1. The second kappa shape index (κ2) is 5.71. The van der Waals surface area contributed by atoms with E-state index in [-0.39, 0.29) is 0 Å². The van der Waals surface area contributed by atoms with E-state index >= 15 is 0 Å². The van der Waals surface area contributed by atoms with Crippen LogP contribution in [0, 0.1) is 6.92 Å². The number of amides is 1. The number of aryl methyl sites for hydroxylation is 1. The zero-order valence-corrected chi connectivity index (χ0v) is 11.7. The summed E-state index contributed by atoms with van der Waals surface area (Å²) in [5.74, 6) is 0.833. The molecule has 2 aromatic rings. The number of rotatable bonds is 4. The van der Waals surface area contributed by atoms with Crippen LogP contribution in [0.2, 0.25) is 0 Å². The largest absolute Gasteiger partial charge is 0.457 e. The number of hydrogen-bond donors (Lipinski definition) is 2. The van der Waals surface area contributed by atoms with Gasteiger partial charge in [-0.25, -0.2) is 0 Å². The van der Waals surface area contributed by atoms with Gasteiger partial charge in [0.15, 0.2) is 0 Å². The van der Waals surface area contributed by atoms with Gasteiger partial charge >= 0.3 is 0 Å². The molecule has 0 aliphatic carbocycles. The minimum absolute atomic E-state index is 0.361. The molecule has 0 aromatic heterocycles. The van der Waals surface area contributed by atoms with Gasteiger partial charge in [0.25, 0.3) is 0 Å². The van der Waals surface area contributed by atoms with Gasteiger partial charge in [0.1, 0.15) is 16.5 Å². The van der Waals surface area contributed by atoms with Crippen LogP contribution < -0.4 is 16.2 Å². The Bertz CT molecular complexity index is 666. The third-order valence-corrected chi connectivity index (χ3v) is 3.06. The highest BCUT2D eigenvalue weighted by molar-refractivity contribution is 7.80. The van der Waals surface area contributed by atoms with Crippen molar-refractivity contribution in [3.8, 4) is 11.5 Å². The number of thiocarbonyl (C=S) groups is 1. The Hall–Kier alpha value is -2.40. The first-order valence-corrected chi connectivity index (χ1v) is 6.36. The standard InChI is InChI=1S/C15H14N2O2S/c1-9-8-12(6-7-13(9)15(17)20)19-11-4-2-10(3-5-11)14(16)18/h2-8H,1H3,(H2,16,18)(H2,17,20). The molecule has 0 bridgehead atoms. The van der Waals surface area contributed by atoms with Crippen molar-refractivity contribution < 1.29 is 9.53 Å². The highest BCUT2D eigenvalue weighted by Crippen LogP contribution is 2.24. The average molecular weight is 286 g/mol. The van der Waals surface area contributed by atoms with E-state index in [0.717, 1.165) is 11.1 Å². The van der Waals surface area contributed by atoms with Gasteiger partial charge in [0.05, 0.1) is 0 Å². The third kappa shape index (κ3) is 3.13. The van der Waals surface area contributed by atoms with Crippen molar-refractivity contribution in [1.82, 2.24) is 0 Å². The molecular weight excluding hydrogens is 272 g/mol. The number of nitrogens with two attached hydrogens (primary N) is 2. The van der Waals surface area contributed by atoms with Crippen molar-refractivity contribution in [2.75, 3.05) is 0 Å². The highest BCUT2D eigenvalue weighted by atomic mass is 32.1. The molecule has 0 radical (unpaired) electrons. The lowest BCUT2D eigenvalue weighted by Crippen LogP contribution is -2.11. The van der Waals surface area contributed by atoms with Crippen LogP contribution >= 0.6 is 12.2 Å². The van der Waals surface area contributed by atoms with Crippen molar-refractivity contribution in [2.45, 2.75) is 6.92 Å². The molecule has 0 unspecified atom stereocenters. The fraction of sp³-hybridized carbons (Fsp3) is 0.0667. The Morgan fingerprint density at radius 1 is 1.05 bits per heavy atom. The topological polar surface area (TPSA) is 78.3 Å². The minimum Gasteiger partial charge on any atom is -0.457 e. The van der Waals surface area contributed by atoms with Crippen LogP contribution in [0.25, 0.3) is 0 Å². The molecule has 0 spiro atoms. The number of carbonyl (C=O) groups is 1. The van der Waals surface area contributed by atoms with Crippen molar-refractivity contribution >= 4 is 23.1 Å². The molecule has 0 atom stereocenters. The maximum atomic E-state index is 11.0. The second-order valence-corrected chi connectivity index (χ2v) is 4.77. The van der Waals surface area contributed by atoms with Crippen LogP contribution in [0.3, 0.4) is 0 Å². The molecule has 2 aromatic carbocycles. The molecule has 4 nitrogen and oxygen atoms in total. The Kier molecular flexibility index (Phi) is 4.00. The summed E-state index contributed by atoms with van der Waals surface area (Å²) in [6.07, 6.45) is 0. The maximum Gasteiger partial charge on any atom is 0.248 e. The highest BCUT2D eigenvalue weighted by Gasteiger charge is 2.05. The number of hydrogen-bond acceptors (Lipinski definition) is 3. The third-order valence-electron chi connectivity index (χ3n) is 2.84. The Morgan fingerprint density at radius 3 is 2.15 bits per heavy atom. The Labute approximate surface area is 122 Å². The van der Waals surface area contributed by atoms with Crippen molar-refractivity contribution in [3.05, 3.63) is 59.2 Å². The van der Waals surface area contributed by atoms with Gasteiger partial charge in [-0.2, -0.15) is 0 Å². The number of primary amides is 1. The van der Waals surface area contributed by atoms with E-state index in [1.54, 1.807) is 30.3 Å². The van der Waals surface area contributed by atoms with Gasteiger partial charge < -0.3 is 16.2 Å². The first-order chi connectivity index (χ1) is 9.47. The summed E-state index contributed by atoms with van der Waals surface area (Å²) >= 11 is 4.95. The first-order valence-electron chi connectivity index (χ1n) is 5.95. The molecule has 5 heteroatoms. The molecule has 102 valence electrons. The zero-order chi connectivity index (χ0) is 14.7. The molecule has 1 amide bonds. The summed E-state index contributed by atoms with van der Waals surface area (Å²) in [5.41, 5.74) is 13.0. The van der Waals surface area contributed by atoms with Crippen molar-refractivity contribution in [3.63, 3.8) is 0 Å². The van der Waals surface area contributed by atoms with Crippen molar-refractivity contribution in [2.24, 2.45) is 11.5 Å². The monoisotopic (exact) mass is 286 g/mol. The molecule has 0 aliphatic heterocycles. The van der Waals surface area contributed by atoms with Gasteiger partial charge in [-0.15, -0.1) is 0 Å². The van der Waals surface area contributed by atoms with E-state index in [2.05, 4.69) is 0 Å². The summed E-state index contributed by atoms with van der Waals surface area (Å²) < 4.78 is 5.69. The molecule has 20 heavy (non-hydrogen) atoms. The van der Waals surface area contributed by atoms with E-state index in [1.807, 2.05) is 19.1 Å². The first kappa shape index (κ1) is 14.0. The maximum absolute atomic E-state index is 11.0. The van der Waals surface area contributed by atoms with E-state index in [4.69, 9.17) is 28.4 Å². The molecule has 0 heterocycles. The lowest BCUT2D eigenvalue weighted by molar-refractivity contribution is 0.100. The van der Waals surface area contributed by atoms with Crippen LogP contribution in [0.4, 0.5) is 0 Å². The molecule has 0 aliphatic rings. The molecule has 0 fully saturated rings. The van der Waals surface area contributed by atoms with E-state index in [0.29, 0.717) is 22.1 Å². The fourth-order valence-electron chi connectivity index (χ4n) is 1.80. The van der Waals surface area contributed by atoms with Crippen molar-refractivity contribution in [1.29, 1.82) is 0 Å². The smallest absolute Gasteiger partial charge is 0.248 e. The van der Waals surface area contributed by atoms with Gasteiger partial charge in [-0.05, 0) is 55.0 Å². The van der Waals surface area contributed by atoms with E-state index < -0.39 is 5.91 Å². The van der Waals surface area contributed by atoms with Crippen LogP contribution in [-0.4, -0.2) is 10.9 Å². The van der Waals surface area contributed by atoms with E-state index in [1.165, 1.54) is 0 Å². The van der Waals surface area contributed by atoms with Gasteiger partial charge in [-0.3, -0.25) is 4.79 Å². The van der Waals surface area contributed by atoms with Crippen LogP contribution in [0.15, 0.2) is 42.5 Å².